The fourth-order valence-electron chi connectivity index (χ4n) is 4.18. The molecule has 5 rings (SSSR count). The van der Waals surface area contributed by atoms with Gasteiger partial charge in [0.1, 0.15) is 0 Å². The van der Waals surface area contributed by atoms with Crippen molar-refractivity contribution in [1.82, 2.24) is 4.57 Å². The number of hydrogen-bond acceptors (Lipinski definition) is 4. The van der Waals surface area contributed by atoms with Crippen LogP contribution in [0.4, 0.5) is 5.69 Å². The lowest BCUT2D eigenvalue weighted by Gasteiger charge is -2.19. The summed E-state index contributed by atoms with van der Waals surface area (Å²) < 4.78 is 30.8. The van der Waals surface area contributed by atoms with Gasteiger partial charge in [0.25, 0.3) is 15.9 Å². The van der Waals surface area contributed by atoms with E-state index in [2.05, 4.69) is 11.9 Å². The first kappa shape index (κ1) is 22.8. The molecule has 0 radical (unpaired) electrons. The summed E-state index contributed by atoms with van der Waals surface area (Å²) in [7, 11) is -3.71. The third kappa shape index (κ3) is 4.06. The maximum atomic E-state index is 13.2. The Labute approximate surface area is 206 Å². The molecule has 0 aliphatic carbocycles. The highest BCUT2D eigenvalue weighted by molar-refractivity contribution is 7.92. The van der Waals surface area contributed by atoms with Crippen LogP contribution in [-0.2, 0) is 23.0 Å². The van der Waals surface area contributed by atoms with Crippen molar-refractivity contribution in [1.29, 1.82) is 0 Å². The normalized spacial score (nSPS) is 14.1. The first-order valence-electron chi connectivity index (χ1n) is 11.0. The van der Waals surface area contributed by atoms with Crippen molar-refractivity contribution < 1.29 is 13.2 Å². The minimum absolute atomic E-state index is 0.151. The van der Waals surface area contributed by atoms with Gasteiger partial charge in [-0.2, -0.15) is 4.99 Å². The lowest BCUT2D eigenvalue weighted by atomic mass is 10.2. The summed E-state index contributed by atoms with van der Waals surface area (Å²) in [6, 6.07) is 19.1. The Morgan fingerprint density at radius 3 is 2.62 bits per heavy atom. The van der Waals surface area contributed by atoms with Gasteiger partial charge in [0.2, 0.25) is 0 Å². The van der Waals surface area contributed by atoms with Crippen LogP contribution in [0.5, 0.6) is 0 Å². The zero-order valence-electron chi connectivity index (χ0n) is 18.4. The highest BCUT2D eigenvalue weighted by atomic mass is 35.5. The summed E-state index contributed by atoms with van der Waals surface area (Å²) in [5.41, 5.74) is 3.04. The zero-order valence-corrected chi connectivity index (χ0v) is 20.8. The minimum atomic E-state index is -3.71. The van der Waals surface area contributed by atoms with Crippen LogP contribution in [0.2, 0.25) is 5.02 Å². The Bertz CT molecular complexity index is 1570. The van der Waals surface area contributed by atoms with Crippen LogP contribution in [0.15, 0.2) is 76.6 Å². The molecule has 9 heteroatoms. The summed E-state index contributed by atoms with van der Waals surface area (Å²) in [5, 5.41) is 0.632. The van der Waals surface area contributed by atoms with Gasteiger partial charge in [0.05, 0.1) is 20.8 Å². The molecular formula is C25H22ClN3O3S2. The van der Waals surface area contributed by atoms with Crippen molar-refractivity contribution in [2.75, 3.05) is 10.8 Å². The highest BCUT2D eigenvalue weighted by Crippen LogP contribution is 2.32. The number of carbonyl (C=O) groups excluding carboxylic acids is 1. The van der Waals surface area contributed by atoms with Crippen molar-refractivity contribution >= 4 is 54.8 Å². The van der Waals surface area contributed by atoms with E-state index in [0.717, 1.165) is 28.7 Å². The van der Waals surface area contributed by atoms with Gasteiger partial charge >= 0.3 is 0 Å². The second-order valence-corrected chi connectivity index (χ2v) is 11.4. The second-order valence-electron chi connectivity index (χ2n) is 8.05. The molecule has 4 aromatic rings. The molecule has 0 saturated heterocycles. The number of aromatic nitrogens is 1. The lowest BCUT2D eigenvalue weighted by molar-refractivity contribution is 0.0997. The van der Waals surface area contributed by atoms with Gasteiger partial charge < -0.3 is 4.57 Å². The molecular weight excluding hydrogens is 490 g/mol. The Kier molecular flexibility index (Phi) is 6.06. The predicted molar refractivity (Wildman–Crippen MR) is 136 cm³/mol. The molecule has 1 amide bonds. The molecule has 6 nitrogen and oxygen atoms in total. The number of benzene rings is 3. The standard InChI is InChI=1S/C25H22ClN3O3S2/c1-2-14-28-22-12-9-19(26)16-23(22)33-25(28)27-24(30)18-7-10-20(11-8-18)34(31,32)29-15-13-17-5-3-4-6-21(17)29/h3-12,16H,2,13-15H2,1H3. The van der Waals surface area contributed by atoms with Crippen LogP contribution in [0.3, 0.4) is 0 Å². The van der Waals surface area contributed by atoms with E-state index in [1.165, 1.54) is 39.9 Å². The maximum absolute atomic E-state index is 13.2. The molecule has 1 aliphatic heterocycles. The Morgan fingerprint density at radius 2 is 1.85 bits per heavy atom. The number of sulfonamides is 1. The number of anilines is 1. The number of para-hydroxylation sites is 1. The summed E-state index contributed by atoms with van der Waals surface area (Å²) in [5.74, 6) is -0.419. The molecule has 3 aromatic carbocycles. The van der Waals surface area contributed by atoms with E-state index in [0.29, 0.717) is 34.0 Å². The van der Waals surface area contributed by atoms with Crippen LogP contribution in [0.25, 0.3) is 10.2 Å². The van der Waals surface area contributed by atoms with E-state index in [-0.39, 0.29) is 4.90 Å². The Balaban J connectivity index is 1.46. The van der Waals surface area contributed by atoms with E-state index in [4.69, 9.17) is 11.6 Å². The number of aryl methyl sites for hydroxylation is 1. The number of nitrogens with zero attached hydrogens (tertiary/aromatic N) is 3. The van der Waals surface area contributed by atoms with E-state index >= 15 is 0 Å². The van der Waals surface area contributed by atoms with Crippen LogP contribution < -0.4 is 9.11 Å². The van der Waals surface area contributed by atoms with Gasteiger partial charge in [-0.1, -0.05) is 48.1 Å². The molecule has 0 fully saturated rings. The molecule has 34 heavy (non-hydrogen) atoms. The molecule has 2 heterocycles. The van der Waals surface area contributed by atoms with Crippen molar-refractivity contribution in [2.45, 2.75) is 31.2 Å². The van der Waals surface area contributed by atoms with Gasteiger partial charge in [-0.25, -0.2) is 8.42 Å². The fourth-order valence-corrected chi connectivity index (χ4v) is 7.01. The van der Waals surface area contributed by atoms with Gasteiger partial charge in [-0.3, -0.25) is 9.10 Å². The third-order valence-corrected chi connectivity index (χ3v) is 8.93. The highest BCUT2D eigenvalue weighted by Gasteiger charge is 2.30. The van der Waals surface area contributed by atoms with Gasteiger partial charge in [-0.05, 0) is 66.9 Å². The van der Waals surface area contributed by atoms with Crippen molar-refractivity contribution in [3.63, 3.8) is 0 Å². The van der Waals surface area contributed by atoms with Crippen LogP contribution >= 0.6 is 22.9 Å². The quantitative estimate of drug-likeness (QED) is 0.367. The monoisotopic (exact) mass is 511 g/mol. The Hall–Kier alpha value is -2.94. The molecule has 1 aliphatic rings. The predicted octanol–water partition coefficient (Wildman–Crippen LogP) is 5.26. The largest absolute Gasteiger partial charge is 0.316 e. The van der Waals surface area contributed by atoms with Crippen molar-refractivity contribution in [3.05, 3.63) is 87.7 Å². The molecule has 1 aromatic heterocycles. The molecule has 0 spiro atoms. The number of hydrogen-bond donors (Lipinski definition) is 0. The van der Waals surface area contributed by atoms with Crippen LogP contribution in [0, 0.1) is 0 Å². The maximum Gasteiger partial charge on any atom is 0.279 e. The number of rotatable bonds is 5. The Morgan fingerprint density at radius 1 is 1.09 bits per heavy atom. The second kappa shape index (κ2) is 9.02. The lowest BCUT2D eigenvalue weighted by Crippen LogP contribution is -2.29. The van der Waals surface area contributed by atoms with Crippen LogP contribution in [0.1, 0.15) is 29.3 Å². The number of fused-ring (bicyclic) bond motifs is 2. The SMILES string of the molecule is CCCn1c(=NC(=O)c2ccc(S(=O)(=O)N3CCc4ccccc43)cc2)sc2cc(Cl)ccc21. The number of thiazole rings is 1. The smallest absolute Gasteiger partial charge is 0.279 e. The van der Waals surface area contributed by atoms with Gasteiger partial charge in [0, 0.05) is 23.7 Å². The van der Waals surface area contributed by atoms with E-state index in [1.54, 1.807) is 0 Å². The van der Waals surface area contributed by atoms with Crippen molar-refractivity contribution in [2.24, 2.45) is 4.99 Å². The molecule has 0 atom stereocenters. The first-order chi connectivity index (χ1) is 16.4. The molecule has 174 valence electrons. The molecule has 0 unspecified atom stereocenters. The van der Waals surface area contributed by atoms with E-state index in [1.807, 2.05) is 47.0 Å². The number of halogens is 1. The molecule has 0 N–H and O–H groups in total. The number of carbonyl (C=O) groups is 1. The fraction of sp³-hybridized carbons (Fsp3) is 0.200. The topological polar surface area (TPSA) is 71.7 Å². The average Bonchev–Trinajstić information content (AvgIpc) is 3.41. The third-order valence-electron chi connectivity index (χ3n) is 5.82. The van der Waals surface area contributed by atoms with Crippen molar-refractivity contribution in [3.8, 4) is 0 Å². The minimum Gasteiger partial charge on any atom is -0.316 e. The summed E-state index contributed by atoms with van der Waals surface area (Å²) in [6.07, 6.45) is 1.57. The summed E-state index contributed by atoms with van der Waals surface area (Å²) >= 11 is 7.54. The summed E-state index contributed by atoms with van der Waals surface area (Å²) in [4.78, 5) is 18.0. The van der Waals surface area contributed by atoms with E-state index < -0.39 is 15.9 Å². The van der Waals surface area contributed by atoms with Crippen LogP contribution in [-0.4, -0.2) is 25.4 Å². The van der Waals surface area contributed by atoms with Gasteiger partial charge in [-0.15, -0.1) is 0 Å². The summed E-state index contributed by atoms with van der Waals surface area (Å²) in [6.45, 7) is 3.20. The van der Waals surface area contributed by atoms with Gasteiger partial charge in [0.15, 0.2) is 4.80 Å². The van der Waals surface area contributed by atoms with E-state index in [9.17, 15) is 13.2 Å². The zero-order chi connectivity index (χ0) is 23.9. The first-order valence-corrected chi connectivity index (χ1v) is 13.6. The molecule has 0 saturated carbocycles. The average molecular weight is 512 g/mol. The number of amides is 1. The molecule has 0 bridgehead atoms.